The molecule has 4 amide bonds. The summed E-state index contributed by atoms with van der Waals surface area (Å²) in [7, 11) is 2.92. The first-order chi connectivity index (χ1) is 19.2. The standard InChI is InChI=1S/C25H23Cl2N7O6/c1-28-24(37)31-19-10-15(7-8-29-19)40-17-6-5-16(22(26)23(17)27)30-25(38)32-20-11-21(36)33-34(20)14-4-3-13(12-35)18(9-14)39-2/h3-11,35H,12H2,1-2H3,(H,33,36)(H2,30,32,38)(H2,28,29,31,37). The lowest BCUT2D eigenvalue weighted by Gasteiger charge is -2.15. The molecule has 0 saturated carbocycles. The van der Waals surface area contributed by atoms with E-state index in [4.69, 9.17) is 32.7 Å². The number of hydrogen-bond donors (Lipinski definition) is 6. The van der Waals surface area contributed by atoms with E-state index in [-0.39, 0.29) is 39.7 Å². The van der Waals surface area contributed by atoms with Gasteiger partial charge >= 0.3 is 12.1 Å². The molecule has 13 nitrogen and oxygen atoms in total. The normalized spacial score (nSPS) is 10.5. The molecular weight excluding hydrogens is 565 g/mol. The van der Waals surface area contributed by atoms with Gasteiger partial charge in [0.05, 0.1) is 30.1 Å². The molecule has 2 heterocycles. The zero-order chi connectivity index (χ0) is 28.8. The highest BCUT2D eigenvalue weighted by Gasteiger charge is 2.17. The molecule has 208 valence electrons. The lowest BCUT2D eigenvalue weighted by Crippen LogP contribution is -2.24. The molecule has 0 spiro atoms. The minimum absolute atomic E-state index is 0.00266. The molecule has 0 saturated heterocycles. The number of anilines is 3. The molecule has 2 aromatic heterocycles. The average molecular weight is 588 g/mol. The van der Waals surface area contributed by atoms with Crippen molar-refractivity contribution < 1.29 is 24.2 Å². The first kappa shape index (κ1) is 28.3. The van der Waals surface area contributed by atoms with Crippen LogP contribution in [0.5, 0.6) is 17.2 Å². The predicted molar refractivity (Wildman–Crippen MR) is 150 cm³/mol. The second kappa shape index (κ2) is 12.4. The van der Waals surface area contributed by atoms with Crippen LogP contribution in [0, 0.1) is 0 Å². The Morgan fingerprint density at radius 1 is 1.00 bits per heavy atom. The number of nitrogens with one attached hydrogen (secondary N) is 5. The number of H-pyrrole nitrogens is 1. The predicted octanol–water partition coefficient (Wildman–Crippen LogP) is 4.56. The van der Waals surface area contributed by atoms with Crippen LogP contribution in [0.25, 0.3) is 5.69 Å². The largest absolute Gasteiger partial charge is 0.496 e. The summed E-state index contributed by atoms with van der Waals surface area (Å²) in [6.45, 7) is -0.231. The number of rotatable bonds is 8. The summed E-state index contributed by atoms with van der Waals surface area (Å²) in [5, 5.41) is 22.2. The van der Waals surface area contributed by atoms with Gasteiger partial charge in [0.25, 0.3) is 5.56 Å². The second-order valence-corrected chi connectivity index (χ2v) is 8.75. The fourth-order valence-electron chi connectivity index (χ4n) is 3.52. The number of methoxy groups -OCH3 is 1. The summed E-state index contributed by atoms with van der Waals surface area (Å²) < 4.78 is 12.4. The van der Waals surface area contributed by atoms with E-state index in [2.05, 4.69) is 31.3 Å². The Morgan fingerprint density at radius 2 is 1.80 bits per heavy atom. The molecule has 4 rings (SSSR count). The summed E-state index contributed by atoms with van der Waals surface area (Å²) in [5.41, 5.74) is 0.732. The number of nitrogens with zero attached hydrogens (tertiary/aromatic N) is 2. The molecule has 4 aromatic rings. The fourth-order valence-corrected chi connectivity index (χ4v) is 3.92. The smallest absolute Gasteiger partial charge is 0.324 e. The highest BCUT2D eigenvalue weighted by atomic mass is 35.5. The van der Waals surface area contributed by atoms with E-state index >= 15 is 0 Å². The molecule has 0 radical (unpaired) electrons. The number of benzene rings is 2. The molecule has 6 N–H and O–H groups in total. The van der Waals surface area contributed by atoms with Gasteiger partial charge in [0.15, 0.2) is 0 Å². The molecule has 15 heteroatoms. The van der Waals surface area contributed by atoms with Crippen molar-refractivity contribution in [3.8, 4) is 22.9 Å². The van der Waals surface area contributed by atoms with Gasteiger partial charge in [-0.1, -0.05) is 29.3 Å². The van der Waals surface area contributed by atoms with Gasteiger partial charge in [0.2, 0.25) is 0 Å². The number of aliphatic hydroxyl groups is 1. The van der Waals surface area contributed by atoms with Crippen molar-refractivity contribution in [3.63, 3.8) is 0 Å². The molecule has 2 aromatic carbocycles. The molecule has 0 fully saturated rings. The number of aromatic nitrogens is 3. The first-order valence-electron chi connectivity index (χ1n) is 11.5. The van der Waals surface area contributed by atoms with Gasteiger partial charge in [0, 0.05) is 37.0 Å². The van der Waals surface area contributed by atoms with E-state index in [9.17, 15) is 19.5 Å². The zero-order valence-electron chi connectivity index (χ0n) is 21.0. The van der Waals surface area contributed by atoms with Gasteiger partial charge in [-0.25, -0.2) is 19.3 Å². The fraction of sp³-hybridized carbons (Fsp3) is 0.120. The van der Waals surface area contributed by atoms with Crippen LogP contribution < -0.4 is 36.3 Å². The summed E-state index contributed by atoms with van der Waals surface area (Å²) >= 11 is 12.8. The Kier molecular flexibility index (Phi) is 8.79. The Labute approximate surface area is 237 Å². The third-order valence-electron chi connectivity index (χ3n) is 5.39. The van der Waals surface area contributed by atoms with Gasteiger partial charge in [-0.15, -0.1) is 0 Å². The van der Waals surface area contributed by atoms with E-state index < -0.39 is 17.6 Å². The number of pyridine rings is 1. The molecule has 40 heavy (non-hydrogen) atoms. The molecule has 0 unspecified atom stereocenters. The quantitative estimate of drug-likeness (QED) is 0.175. The van der Waals surface area contributed by atoms with Crippen molar-refractivity contribution >= 4 is 52.6 Å². The van der Waals surface area contributed by atoms with Crippen LogP contribution in [0.3, 0.4) is 0 Å². The van der Waals surface area contributed by atoms with Crippen molar-refractivity contribution in [2.24, 2.45) is 0 Å². The summed E-state index contributed by atoms with van der Waals surface area (Å²) in [4.78, 5) is 40.4. The van der Waals surface area contributed by atoms with Crippen LogP contribution in [-0.2, 0) is 6.61 Å². The monoisotopic (exact) mass is 587 g/mol. The highest BCUT2D eigenvalue weighted by molar-refractivity contribution is 6.45. The van der Waals surface area contributed by atoms with Crippen molar-refractivity contribution in [3.05, 3.63) is 80.7 Å². The maximum atomic E-state index is 12.8. The van der Waals surface area contributed by atoms with Gasteiger partial charge in [0.1, 0.15) is 33.9 Å². The van der Waals surface area contributed by atoms with E-state index in [1.165, 1.54) is 49.3 Å². The molecule has 0 bridgehead atoms. The number of ether oxygens (including phenoxy) is 2. The van der Waals surface area contributed by atoms with Crippen LogP contribution in [-0.4, -0.2) is 46.1 Å². The van der Waals surface area contributed by atoms with E-state index in [1.54, 1.807) is 24.3 Å². The Balaban J connectivity index is 1.49. The summed E-state index contributed by atoms with van der Waals surface area (Å²) in [6.07, 6.45) is 1.44. The Bertz CT molecular complexity index is 1620. The summed E-state index contributed by atoms with van der Waals surface area (Å²) in [6, 6.07) is 10.9. The SMILES string of the molecule is CNC(=O)Nc1cc(Oc2ccc(NC(=O)Nc3cc(=O)[nH]n3-c3ccc(CO)c(OC)c3)c(Cl)c2Cl)ccn1. The average Bonchev–Trinajstić information content (AvgIpc) is 3.31. The highest BCUT2D eigenvalue weighted by Crippen LogP contribution is 2.39. The number of aliphatic hydroxyl groups excluding tert-OH is 1. The molecule has 0 atom stereocenters. The van der Waals surface area contributed by atoms with Crippen LogP contribution in [0.1, 0.15) is 5.56 Å². The van der Waals surface area contributed by atoms with E-state index in [0.717, 1.165) is 0 Å². The number of aromatic amines is 1. The lowest BCUT2D eigenvalue weighted by atomic mass is 10.2. The number of carbonyl (C=O) groups is 2. The van der Waals surface area contributed by atoms with E-state index in [1.807, 2.05) is 0 Å². The van der Waals surface area contributed by atoms with Crippen LogP contribution >= 0.6 is 23.2 Å². The minimum atomic E-state index is -0.711. The molecule has 0 aliphatic carbocycles. The zero-order valence-corrected chi connectivity index (χ0v) is 22.6. The third kappa shape index (κ3) is 6.46. The number of carbonyl (C=O) groups excluding carboxylic acids is 2. The second-order valence-electron chi connectivity index (χ2n) is 8.00. The maximum Gasteiger partial charge on any atom is 0.324 e. The van der Waals surface area contributed by atoms with Gasteiger partial charge < -0.3 is 25.2 Å². The number of hydrogen-bond acceptors (Lipinski definition) is 7. The van der Waals surface area contributed by atoms with Crippen LogP contribution in [0.4, 0.5) is 26.9 Å². The van der Waals surface area contributed by atoms with Crippen molar-refractivity contribution in [1.29, 1.82) is 0 Å². The van der Waals surface area contributed by atoms with Gasteiger partial charge in [-0.3, -0.25) is 20.5 Å². The Hall–Kier alpha value is -4.72. The van der Waals surface area contributed by atoms with E-state index in [0.29, 0.717) is 22.7 Å². The molecule has 0 aliphatic heterocycles. The number of urea groups is 2. The third-order valence-corrected chi connectivity index (χ3v) is 6.26. The van der Waals surface area contributed by atoms with Crippen LogP contribution in [0.2, 0.25) is 10.0 Å². The molecule has 0 aliphatic rings. The topological polar surface area (TPSA) is 172 Å². The number of halogens is 2. The first-order valence-corrected chi connectivity index (χ1v) is 12.3. The number of amides is 4. The molecular formula is C25H23Cl2N7O6. The van der Waals surface area contributed by atoms with Crippen molar-refractivity contribution in [2.75, 3.05) is 30.1 Å². The van der Waals surface area contributed by atoms with Crippen molar-refractivity contribution in [2.45, 2.75) is 6.61 Å². The maximum absolute atomic E-state index is 12.8. The van der Waals surface area contributed by atoms with Gasteiger partial charge in [-0.05, 0) is 24.3 Å². The minimum Gasteiger partial charge on any atom is -0.496 e. The van der Waals surface area contributed by atoms with Gasteiger partial charge in [-0.2, -0.15) is 0 Å². The summed E-state index contributed by atoms with van der Waals surface area (Å²) in [5.74, 6) is 1.29. The lowest BCUT2D eigenvalue weighted by molar-refractivity contribution is 0.253. The Morgan fingerprint density at radius 3 is 2.52 bits per heavy atom. The van der Waals surface area contributed by atoms with Crippen LogP contribution in [0.15, 0.2) is 59.5 Å². The van der Waals surface area contributed by atoms with Crippen molar-refractivity contribution in [1.82, 2.24) is 20.1 Å².